The van der Waals surface area contributed by atoms with Crippen molar-refractivity contribution in [2.75, 3.05) is 104 Å². The maximum absolute atomic E-state index is 12.5. The van der Waals surface area contributed by atoms with E-state index in [-0.39, 0.29) is 23.0 Å². The minimum atomic E-state index is -0.533. The quantitative estimate of drug-likeness (QED) is 0.0939. The molecular formula is C34H64N6O8. The zero-order valence-corrected chi connectivity index (χ0v) is 30.5. The van der Waals surface area contributed by atoms with Crippen molar-refractivity contribution < 1.29 is 38.0 Å². The Balaban J connectivity index is 2.09. The second-order valence-electron chi connectivity index (χ2n) is 13.9. The van der Waals surface area contributed by atoms with E-state index in [0.717, 1.165) is 38.9 Å². The van der Waals surface area contributed by atoms with Gasteiger partial charge in [0.05, 0.1) is 52.9 Å². The van der Waals surface area contributed by atoms with E-state index in [4.69, 9.17) is 39.9 Å². The molecule has 0 aromatic carbocycles. The summed E-state index contributed by atoms with van der Waals surface area (Å²) in [5.74, 6) is -1.43. The number of rotatable bonds is 28. The molecule has 0 aliphatic heterocycles. The number of nitrogen functional groups attached to an aromatic ring is 2. The molecule has 0 unspecified atom stereocenters. The van der Waals surface area contributed by atoms with Gasteiger partial charge in [-0.2, -0.15) is 0 Å². The summed E-state index contributed by atoms with van der Waals surface area (Å²) in [6.07, 6.45) is 5.51. The summed E-state index contributed by atoms with van der Waals surface area (Å²) in [6.45, 7) is 20.4. The predicted octanol–water partition coefficient (Wildman–Crippen LogP) is 3.63. The van der Waals surface area contributed by atoms with Crippen LogP contribution in [0.15, 0.2) is 0 Å². The number of aromatic nitrogens is 2. The smallest absolute Gasteiger partial charge is 0.273 e. The molecule has 1 aromatic heterocycles. The number of carbonyl (C=O) groups excluding carboxylic acids is 2. The third-order valence-corrected chi connectivity index (χ3v) is 6.80. The number of nitrogens with two attached hydrogens (primary N) is 2. The van der Waals surface area contributed by atoms with Gasteiger partial charge in [0.15, 0.2) is 23.0 Å². The first-order chi connectivity index (χ1) is 22.8. The molecule has 6 N–H and O–H groups in total. The molecule has 0 saturated carbocycles. The monoisotopic (exact) mass is 684 g/mol. The van der Waals surface area contributed by atoms with Gasteiger partial charge in [0.2, 0.25) is 0 Å². The maximum atomic E-state index is 12.5. The molecule has 1 aromatic rings. The lowest BCUT2D eigenvalue weighted by Gasteiger charge is -2.17. The van der Waals surface area contributed by atoms with Crippen LogP contribution in [-0.2, 0) is 28.4 Å². The van der Waals surface area contributed by atoms with Crippen LogP contribution in [0.5, 0.6) is 0 Å². The SMILES string of the molecule is CC(C)(C)CCCOCCOCCOCCCNC(=O)c1nc(N)c(C(=O)NCCCOCCOCCOCCCC(C)(C)C)nc1N. The molecule has 0 radical (unpaired) electrons. The van der Waals surface area contributed by atoms with Gasteiger partial charge in [-0.1, -0.05) is 41.5 Å². The van der Waals surface area contributed by atoms with E-state index in [0.29, 0.717) is 103 Å². The fourth-order valence-electron chi connectivity index (χ4n) is 4.21. The lowest BCUT2D eigenvalue weighted by atomic mass is 9.91. The van der Waals surface area contributed by atoms with E-state index in [1.165, 1.54) is 0 Å². The number of nitrogens with zero attached hydrogens (tertiary/aromatic N) is 2. The fraction of sp³-hybridized carbons (Fsp3) is 0.824. The van der Waals surface area contributed by atoms with Crippen molar-refractivity contribution in [3.8, 4) is 0 Å². The Bertz CT molecular complexity index is 937. The van der Waals surface area contributed by atoms with Crippen molar-refractivity contribution in [3.63, 3.8) is 0 Å². The summed E-state index contributed by atoms with van der Waals surface area (Å²) in [4.78, 5) is 33.1. The normalized spacial score (nSPS) is 12.0. The fourth-order valence-corrected chi connectivity index (χ4v) is 4.21. The lowest BCUT2D eigenvalue weighted by molar-refractivity contribution is 0.0127. The Hall–Kier alpha value is -2.62. The Morgan fingerprint density at radius 3 is 1.06 bits per heavy atom. The van der Waals surface area contributed by atoms with Crippen molar-refractivity contribution in [1.29, 1.82) is 0 Å². The van der Waals surface area contributed by atoms with Crippen LogP contribution in [0, 0.1) is 10.8 Å². The van der Waals surface area contributed by atoms with Gasteiger partial charge < -0.3 is 50.5 Å². The van der Waals surface area contributed by atoms with Gasteiger partial charge in [-0.25, -0.2) is 9.97 Å². The first-order valence-corrected chi connectivity index (χ1v) is 17.3. The number of nitrogens with one attached hydrogen (secondary N) is 2. The van der Waals surface area contributed by atoms with Crippen LogP contribution in [0.4, 0.5) is 11.6 Å². The molecule has 48 heavy (non-hydrogen) atoms. The van der Waals surface area contributed by atoms with E-state index in [1.807, 2.05) is 0 Å². The molecule has 0 fully saturated rings. The van der Waals surface area contributed by atoms with Crippen LogP contribution in [0.3, 0.4) is 0 Å². The molecule has 1 heterocycles. The summed E-state index contributed by atoms with van der Waals surface area (Å²) in [5.41, 5.74) is 12.2. The molecule has 0 aliphatic rings. The largest absolute Gasteiger partial charge is 0.382 e. The second-order valence-corrected chi connectivity index (χ2v) is 13.9. The third-order valence-electron chi connectivity index (χ3n) is 6.80. The van der Waals surface area contributed by atoms with Gasteiger partial charge in [0.1, 0.15) is 0 Å². The molecule has 14 heteroatoms. The Morgan fingerprint density at radius 1 is 0.500 bits per heavy atom. The highest BCUT2D eigenvalue weighted by Crippen LogP contribution is 2.21. The van der Waals surface area contributed by atoms with E-state index in [1.54, 1.807) is 0 Å². The highest BCUT2D eigenvalue weighted by Gasteiger charge is 2.20. The number of amides is 2. The van der Waals surface area contributed by atoms with Crippen LogP contribution in [0.1, 0.15) is 101 Å². The highest BCUT2D eigenvalue weighted by atomic mass is 16.5. The molecule has 2 amide bonds. The summed E-state index contributed by atoms with van der Waals surface area (Å²) in [7, 11) is 0. The van der Waals surface area contributed by atoms with Gasteiger partial charge in [-0.05, 0) is 49.4 Å². The number of anilines is 2. The molecule has 0 aliphatic carbocycles. The van der Waals surface area contributed by atoms with Crippen LogP contribution in [0.25, 0.3) is 0 Å². The molecule has 14 nitrogen and oxygen atoms in total. The Kier molecular flexibility index (Phi) is 22.9. The van der Waals surface area contributed by atoms with Crippen molar-refractivity contribution >= 4 is 23.5 Å². The van der Waals surface area contributed by atoms with Crippen LogP contribution < -0.4 is 22.1 Å². The van der Waals surface area contributed by atoms with Gasteiger partial charge >= 0.3 is 0 Å². The highest BCUT2D eigenvalue weighted by molar-refractivity contribution is 6.00. The maximum Gasteiger partial charge on any atom is 0.273 e. The van der Waals surface area contributed by atoms with Crippen molar-refractivity contribution in [1.82, 2.24) is 20.6 Å². The van der Waals surface area contributed by atoms with Crippen molar-refractivity contribution in [3.05, 3.63) is 11.4 Å². The molecule has 1 rings (SSSR count). The first kappa shape index (κ1) is 43.4. The predicted molar refractivity (Wildman–Crippen MR) is 187 cm³/mol. The second kappa shape index (κ2) is 25.4. The van der Waals surface area contributed by atoms with Gasteiger partial charge in [0, 0.05) is 39.5 Å². The standard InChI is InChI=1S/C34H64N6O8/c1-33(2,3)11-7-15-43-19-23-47-25-21-45-17-9-13-37-31(41)27-29(35)40-28(30(36)39-27)32(42)38-14-10-18-46-22-26-48-24-20-44-16-8-12-34(4,5)6/h7-26H2,1-6H3,(H2,36,39)(H2,35,40)(H,37,41)(H,38,42). The van der Waals surface area contributed by atoms with Gasteiger partial charge in [-0.15, -0.1) is 0 Å². The zero-order valence-electron chi connectivity index (χ0n) is 30.5. The Morgan fingerprint density at radius 2 is 0.771 bits per heavy atom. The molecule has 0 saturated heterocycles. The third kappa shape index (κ3) is 23.7. The number of ether oxygens (including phenoxy) is 6. The van der Waals surface area contributed by atoms with Crippen molar-refractivity contribution in [2.45, 2.75) is 80.1 Å². The summed E-state index contributed by atoms with van der Waals surface area (Å²) in [6, 6.07) is 0. The van der Waals surface area contributed by atoms with E-state index < -0.39 is 11.8 Å². The average molecular weight is 685 g/mol. The zero-order chi connectivity index (χ0) is 35.7. The minimum absolute atomic E-state index is 0.137. The molecule has 0 bridgehead atoms. The molecular weight excluding hydrogens is 620 g/mol. The van der Waals surface area contributed by atoms with Crippen LogP contribution in [-0.4, -0.2) is 114 Å². The molecule has 0 atom stereocenters. The Labute approximate surface area is 288 Å². The van der Waals surface area contributed by atoms with Crippen molar-refractivity contribution in [2.24, 2.45) is 10.8 Å². The average Bonchev–Trinajstić information content (AvgIpc) is 3.00. The number of hydrogen-bond acceptors (Lipinski definition) is 12. The number of hydrogen-bond donors (Lipinski definition) is 4. The molecule has 278 valence electrons. The van der Waals surface area contributed by atoms with Gasteiger partial charge in [0.25, 0.3) is 11.8 Å². The lowest BCUT2D eigenvalue weighted by Crippen LogP contribution is -2.31. The van der Waals surface area contributed by atoms with Gasteiger partial charge in [-0.3, -0.25) is 9.59 Å². The topological polar surface area (TPSA) is 191 Å². The summed E-state index contributed by atoms with van der Waals surface area (Å²) in [5, 5.41) is 5.42. The van der Waals surface area contributed by atoms with E-state index >= 15 is 0 Å². The summed E-state index contributed by atoms with van der Waals surface area (Å²) >= 11 is 0. The molecule has 0 spiro atoms. The van der Waals surface area contributed by atoms with Crippen LogP contribution >= 0.6 is 0 Å². The van der Waals surface area contributed by atoms with E-state index in [2.05, 4.69) is 62.1 Å². The van der Waals surface area contributed by atoms with E-state index in [9.17, 15) is 9.59 Å². The van der Waals surface area contributed by atoms with Crippen LogP contribution in [0.2, 0.25) is 0 Å². The number of carbonyl (C=O) groups is 2. The first-order valence-electron chi connectivity index (χ1n) is 17.3. The minimum Gasteiger partial charge on any atom is -0.382 e. The summed E-state index contributed by atoms with van der Waals surface area (Å²) < 4.78 is 33.2.